The van der Waals surface area contributed by atoms with E-state index in [4.69, 9.17) is 4.74 Å². The SMILES string of the molecule is COc1ccc(C(=O)Nc2cnccc2C(=O)NCCc2ccc(C)cc2)cc1. The molecular formula is C23H23N3O3. The number of nitrogens with one attached hydrogen (secondary N) is 2. The van der Waals surface area contributed by atoms with Crippen molar-refractivity contribution in [3.63, 3.8) is 0 Å². The molecule has 6 nitrogen and oxygen atoms in total. The van der Waals surface area contributed by atoms with Crippen LogP contribution >= 0.6 is 0 Å². The van der Waals surface area contributed by atoms with Crippen molar-refractivity contribution in [3.05, 3.63) is 89.2 Å². The molecule has 0 saturated heterocycles. The van der Waals surface area contributed by atoms with Gasteiger partial charge in [0.2, 0.25) is 0 Å². The Kier molecular flexibility index (Phi) is 6.58. The lowest BCUT2D eigenvalue weighted by atomic mass is 10.1. The first-order chi connectivity index (χ1) is 14.1. The van der Waals surface area contributed by atoms with Gasteiger partial charge in [0.1, 0.15) is 5.75 Å². The first-order valence-corrected chi connectivity index (χ1v) is 9.30. The number of amides is 2. The van der Waals surface area contributed by atoms with E-state index in [-0.39, 0.29) is 11.8 Å². The number of anilines is 1. The van der Waals surface area contributed by atoms with Crippen molar-refractivity contribution >= 4 is 17.5 Å². The Bertz CT molecular complexity index is 983. The predicted octanol–water partition coefficient (Wildman–Crippen LogP) is 3.62. The number of hydrogen-bond donors (Lipinski definition) is 2. The molecule has 6 heteroatoms. The number of hydrogen-bond acceptors (Lipinski definition) is 4. The minimum Gasteiger partial charge on any atom is -0.497 e. The molecule has 2 amide bonds. The predicted molar refractivity (Wildman–Crippen MR) is 112 cm³/mol. The van der Waals surface area contributed by atoms with Crippen LogP contribution in [0.3, 0.4) is 0 Å². The highest BCUT2D eigenvalue weighted by molar-refractivity contribution is 6.08. The van der Waals surface area contributed by atoms with Crippen LogP contribution in [0.5, 0.6) is 5.75 Å². The van der Waals surface area contributed by atoms with Crippen LogP contribution in [-0.4, -0.2) is 30.5 Å². The number of carbonyl (C=O) groups excluding carboxylic acids is 2. The van der Waals surface area contributed by atoms with Crippen molar-refractivity contribution in [1.82, 2.24) is 10.3 Å². The minimum absolute atomic E-state index is 0.260. The molecular weight excluding hydrogens is 366 g/mol. The van der Waals surface area contributed by atoms with Crippen LogP contribution in [0.15, 0.2) is 67.0 Å². The van der Waals surface area contributed by atoms with Gasteiger partial charge in [0.25, 0.3) is 11.8 Å². The number of ether oxygens (including phenoxy) is 1. The maximum Gasteiger partial charge on any atom is 0.255 e. The number of aromatic nitrogens is 1. The lowest BCUT2D eigenvalue weighted by molar-refractivity contribution is 0.0955. The molecule has 0 aliphatic heterocycles. The Morgan fingerprint density at radius 2 is 1.69 bits per heavy atom. The highest BCUT2D eigenvalue weighted by Crippen LogP contribution is 2.17. The Labute approximate surface area is 169 Å². The molecule has 0 aliphatic carbocycles. The Morgan fingerprint density at radius 1 is 0.966 bits per heavy atom. The molecule has 0 unspecified atom stereocenters. The number of pyridine rings is 1. The summed E-state index contributed by atoms with van der Waals surface area (Å²) in [5.41, 5.74) is 3.54. The summed E-state index contributed by atoms with van der Waals surface area (Å²) >= 11 is 0. The second-order valence-corrected chi connectivity index (χ2v) is 6.60. The molecule has 0 fully saturated rings. The van der Waals surface area contributed by atoms with Crippen LogP contribution in [0, 0.1) is 6.92 Å². The summed E-state index contributed by atoms with van der Waals surface area (Å²) in [6, 6.07) is 16.5. The molecule has 148 valence electrons. The Hall–Kier alpha value is -3.67. The lowest BCUT2D eigenvalue weighted by Crippen LogP contribution is -2.27. The van der Waals surface area contributed by atoms with Crippen LogP contribution in [0.1, 0.15) is 31.8 Å². The number of rotatable bonds is 7. The van der Waals surface area contributed by atoms with E-state index < -0.39 is 0 Å². The van der Waals surface area contributed by atoms with Gasteiger partial charge in [-0.3, -0.25) is 14.6 Å². The van der Waals surface area contributed by atoms with Crippen molar-refractivity contribution in [2.24, 2.45) is 0 Å². The third-order valence-electron chi connectivity index (χ3n) is 4.49. The van der Waals surface area contributed by atoms with Crippen molar-refractivity contribution < 1.29 is 14.3 Å². The van der Waals surface area contributed by atoms with Gasteiger partial charge in [0.05, 0.1) is 24.6 Å². The minimum atomic E-state index is -0.325. The third kappa shape index (κ3) is 5.42. The van der Waals surface area contributed by atoms with E-state index in [2.05, 4.69) is 27.8 Å². The van der Waals surface area contributed by atoms with Gasteiger partial charge in [-0.25, -0.2) is 0 Å². The highest BCUT2D eigenvalue weighted by atomic mass is 16.5. The van der Waals surface area contributed by atoms with Crippen LogP contribution in [0.2, 0.25) is 0 Å². The van der Waals surface area contributed by atoms with E-state index >= 15 is 0 Å². The highest BCUT2D eigenvalue weighted by Gasteiger charge is 2.14. The zero-order valence-corrected chi connectivity index (χ0v) is 16.4. The number of nitrogens with zero attached hydrogens (tertiary/aromatic N) is 1. The molecule has 1 heterocycles. The van der Waals surface area contributed by atoms with Gasteiger partial charge in [0, 0.05) is 18.3 Å². The van der Waals surface area contributed by atoms with Crippen LogP contribution in [0.4, 0.5) is 5.69 Å². The molecule has 0 saturated carbocycles. The lowest BCUT2D eigenvalue weighted by Gasteiger charge is -2.11. The molecule has 29 heavy (non-hydrogen) atoms. The van der Waals surface area contributed by atoms with Crippen LogP contribution < -0.4 is 15.4 Å². The van der Waals surface area contributed by atoms with Gasteiger partial charge in [-0.2, -0.15) is 0 Å². The van der Waals surface area contributed by atoms with Crippen molar-refractivity contribution in [3.8, 4) is 5.75 Å². The largest absolute Gasteiger partial charge is 0.497 e. The summed E-state index contributed by atoms with van der Waals surface area (Å²) in [5.74, 6) is 0.0791. The molecule has 3 aromatic rings. The van der Waals surface area contributed by atoms with Crippen molar-refractivity contribution in [2.75, 3.05) is 19.0 Å². The average Bonchev–Trinajstić information content (AvgIpc) is 2.75. The summed E-state index contributed by atoms with van der Waals surface area (Å²) in [4.78, 5) is 29.1. The van der Waals surface area contributed by atoms with Gasteiger partial charge in [-0.1, -0.05) is 29.8 Å². The molecule has 0 bridgehead atoms. The number of carbonyl (C=O) groups is 2. The summed E-state index contributed by atoms with van der Waals surface area (Å²) in [6.45, 7) is 2.53. The molecule has 2 N–H and O–H groups in total. The first-order valence-electron chi connectivity index (χ1n) is 9.30. The fourth-order valence-corrected chi connectivity index (χ4v) is 2.80. The number of methoxy groups -OCH3 is 1. The molecule has 3 rings (SSSR count). The van der Waals surface area contributed by atoms with E-state index in [1.54, 1.807) is 37.4 Å². The smallest absolute Gasteiger partial charge is 0.255 e. The third-order valence-corrected chi connectivity index (χ3v) is 4.49. The fraction of sp³-hybridized carbons (Fsp3) is 0.174. The van der Waals surface area contributed by atoms with Crippen LogP contribution in [0.25, 0.3) is 0 Å². The fourth-order valence-electron chi connectivity index (χ4n) is 2.80. The molecule has 1 aromatic heterocycles. The standard InChI is InChI=1S/C23H23N3O3/c1-16-3-5-17(6-4-16)11-14-25-23(28)20-12-13-24-15-21(20)26-22(27)18-7-9-19(29-2)10-8-18/h3-10,12-13,15H,11,14H2,1-2H3,(H,25,28)(H,26,27). The molecule has 0 spiro atoms. The maximum absolute atomic E-state index is 12.6. The second-order valence-electron chi connectivity index (χ2n) is 6.60. The molecule has 2 aromatic carbocycles. The van der Waals surface area contributed by atoms with Gasteiger partial charge in [-0.15, -0.1) is 0 Å². The summed E-state index contributed by atoms with van der Waals surface area (Å²) in [5, 5.41) is 5.65. The zero-order valence-electron chi connectivity index (χ0n) is 16.4. The van der Waals surface area contributed by atoms with E-state index in [9.17, 15) is 9.59 Å². The average molecular weight is 389 g/mol. The van der Waals surface area contributed by atoms with E-state index in [0.29, 0.717) is 29.1 Å². The second kappa shape index (κ2) is 9.50. The van der Waals surface area contributed by atoms with Gasteiger partial charge in [-0.05, 0) is 49.2 Å². The van der Waals surface area contributed by atoms with E-state index in [1.807, 2.05) is 19.1 Å². The summed E-state index contributed by atoms with van der Waals surface area (Å²) < 4.78 is 5.10. The molecule has 0 radical (unpaired) electrons. The Balaban J connectivity index is 1.63. The van der Waals surface area contributed by atoms with Crippen molar-refractivity contribution in [1.29, 1.82) is 0 Å². The monoisotopic (exact) mass is 389 g/mol. The summed E-state index contributed by atoms with van der Waals surface area (Å²) in [7, 11) is 1.56. The zero-order chi connectivity index (χ0) is 20.6. The van der Waals surface area contributed by atoms with Gasteiger partial charge in [0.15, 0.2) is 0 Å². The van der Waals surface area contributed by atoms with Crippen molar-refractivity contribution in [2.45, 2.75) is 13.3 Å². The van der Waals surface area contributed by atoms with E-state index in [1.165, 1.54) is 18.0 Å². The number of benzene rings is 2. The Morgan fingerprint density at radius 3 is 2.38 bits per heavy atom. The van der Waals surface area contributed by atoms with E-state index in [0.717, 1.165) is 12.0 Å². The summed E-state index contributed by atoms with van der Waals surface area (Å²) in [6.07, 6.45) is 3.72. The topological polar surface area (TPSA) is 80.3 Å². The number of aryl methyl sites for hydroxylation is 1. The van der Waals surface area contributed by atoms with Gasteiger partial charge < -0.3 is 15.4 Å². The molecule has 0 atom stereocenters. The quantitative estimate of drug-likeness (QED) is 0.647. The van der Waals surface area contributed by atoms with Crippen LogP contribution in [-0.2, 0) is 6.42 Å². The normalized spacial score (nSPS) is 10.3. The van der Waals surface area contributed by atoms with Gasteiger partial charge >= 0.3 is 0 Å². The first kappa shape index (κ1) is 20.1. The maximum atomic E-state index is 12.6. The molecule has 0 aliphatic rings.